The van der Waals surface area contributed by atoms with E-state index in [2.05, 4.69) is 157 Å². The Balaban J connectivity index is 1.21. The maximum atomic E-state index is 6.63. The SMILES string of the molecule is CC(C)(C)c1cc(-[n+]2[c-]n(-c3cccc(Oc4ccc5c6ccccc6n(-c6cc(C(C)(C)C)ccn6)c5c4)c3)nc2-c2ccccc2)cc(C(C)(C)C)c1. The highest BCUT2D eigenvalue weighted by Crippen LogP contribution is 2.36. The average molecular weight is 724 g/mol. The summed E-state index contributed by atoms with van der Waals surface area (Å²) < 4.78 is 12.8. The molecule has 276 valence electrons. The van der Waals surface area contributed by atoms with Gasteiger partial charge in [0, 0.05) is 34.3 Å². The zero-order chi connectivity index (χ0) is 38.7. The first-order valence-corrected chi connectivity index (χ1v) is 19.1. The smallest absolute Gasteiger partial charge is 0.231 e. The summed E-state index contributed by atoms with van der Waals surface area (Å²) in [5, 5.41) is 7.47. The van der Waals surface area contributed by atoms with Crippen molar-refractivity contribution in [2.45, 2.75) is 78.6 Å². The van der Waals surface area contributed by atoms with Crippen LogP contribution in [0.25, 0.3) is 50.4 Å². The number of benzene rings is 5. The lowest BCUT2D eigenvalue weighted by Gasteiger charge is -2.27. The molecule has 0 amide bonds. The van der Waals surface area contributed by atoms with Crippen molar-refractivity contribution in [3.63, 3.8) is 0 Å². The van der Waals surface area contributed by atoms with Crippen LogP contribution in [0.4, 0.5) is 0 Å². The Morgan fingerprint density at radius 1 is 0.564 bits per heavy atom. The van der Waals surface area contributed by atoms with Crippen LogP contribution in [0.3, 0.4) is 0 Å². The van der Waals surface area contributed by atoms with E-state index in [0.717, 1.165) is 50.7 Å². The highest BCUT2D eigenvalue weighted by molar-refractivity contribution is 6.09. The highest BCUT2D eigenvalue weighted by Gasteiger charge is 2.23. The molecule has 55 heavy (non-hydrogen) atoms. The van der Waals surface area contributed by atoms with Crippen molar-refractivity contribution in [1.29, 1.82) is 0 Å². The number of ether oxygens (including phenoxy) is 1. The number of nitrogens with zero attached hydrogens (tertiary/aromatic N) is 5. The molecule has 5 aromatic carbocycles. The molecule has 8 rings (SSSR count). The Kier molecular flexibility index (Phi) is 8.76. The lowest BCUT2D eigenvalue weighted by molar-refractivity contribution is -0.589. The average Bonchev–Trinajstić information content (AvgIpc) is 3.74. The number of aromatic nitrogens is 5. The van der Waals surface area contributed by atoms with Crippen LogP contribution in [0, 0.1) is 6.33 Å². The van der Waals surface area contributed by atoms with Crippen molar-refractivity contribution in [2.75, 3.05) is 0 Å². The van der Waals surface area contributed by atoms with Gasteiger partial charge < -0.3 is 9.30 Å². The van der Waals surface area contributed by atoms with Crippen LogP contribution < -0.4 is 9.30 Å². The predicted molar refractivity (Wildman–Crippen MR) is 224 cm³/mol. The summed E-state index contributed by atoms with van der Waals surface area (Å²) in [5.41, 5.74) is 8.73. The molecule has 3 heterocycles. The van der Waals surface area contributed by atoms with Gasteiger partial charge in [0.25, 0.3) is 0 Å². The first kappa shape index (κ1) is 36.0. The van der Waals surface area contributed by atoms with E-state index >= 15 is 0 Å². The second-order valence-electron chi connectivity index (χ2n) is 17.6. The van der Waals surface area contributed by atoms with Gasteiger partial charge in [0.1, 0.15) is 17.3 Å². The first-order chi connectivity index (χ1) is 26.1. The summed E-state index contributed by atoms with van der Waals surface area (Å²) >= 11 is 0. The van der Waals surface area contributed by atoms with Crippen LogP contribution in [0.15, 0.2) is 134 Å². The molecule has 0 unspecified atom stereocenters. The number of pyridine rings is 1. The number of para-hydroxylation sites is 1. The van der Waals surface area contributed by atoms with E-state index in [1.807, 2.05) is 59.4 Å². The van der Waals surface area contributed by atoms with Gasteiger partial charge in [0.2, 0.25) is 12.2 Å². The minimum atomic E-state index is -0.0322. The van der Waals surface area contributed by atoms with Gasteiger partial charge in [-0.1, -0.05) is 141 Å². The normalized spacial score (nSPS) is 12.5. The summed E-state index contributed by atoms with van der Waals surface area (Å²) in [6, 6.07) is 44.4. The summed E-state index contributed by atoms with van der Waals surface area (Å²) in [4.78, 5) is 4.85. The quantitative estimate of drug-likeness (QED) is 0.127. The monoisotopic (exact) mass is 723 g/mol. The van der Waals surface area contributed by atoms with Crippen molar-refractivity contribution < 1.29 is 9.30 Å². The molecule has 0 aliphatic heterocycles. The van der Waals surface area contributed by atoms with Crippen molar-refractivity contribution >= 4 is 21.8 Å². The van der Waals surface area contributed by atoms with Crippen molar-refractivity contribution in [1.82, 2.24) is 19.3 Å². The number of hydrogen-bond donors (Lipinski definition) is 0. The van der Waals surface area contributed by atoms with Crippen molar-refractivity contribution in [3.8, 4) is 40.1 Å². The Labute approximate surface area is 324 Å². The Morgan fingerprint density at radius 3 is 1.93 bits per heavy atom. The molecular weight excluding hydrogens is 675 g/mol. The van der Waals surface area contributed by atoms with Crippen LogP contribution in [0.2, 0.25) is 0 Å². The van der Waals surface area contributed by atoms with E-state index in [1.165, 1.54) is 22.1 Å². The molecule has 0 aliphatic carbocycles. The predicted octanol–water partition coefficient (Wildman–Crippen LogP) is 11.8. The summed E-state index contributed by atoms with van der Waals surface area (Å²) in [5.74, 6) is 3.13. The molecule has 0 spiro atoms. The van der Waals surface area contributed by atoms with Crippen molar-refractivity contribution in [3.05, 3.63) is 157 Å². The van der Waals surface area contributed by atoms with Gasteiger partial charge in [-0.15, -0.1) is 0 Å². The Morgan fingerprint density at radius 2 is 1.22 bits per heavy atom. The van der Waals surface area contributed by atoms with Gasteiger partial charge in [-0.2, -0.15) is 4.68 Å². The summed E-state index contributed by atoms with van der Waals surface area (Å²) in [7, 11) is 0. The zero-order valence-corrected chi connectivity index (χ0v) is 33.3. The number of rotatable bonds is 6. The molecule has 0 atom stereocenters. The number of hydrogen-bond acceptors (Lipinski definition) is 3. The lowest BCUT2D eigenvalue weighted by Crippen LogP contribution is -2.33. The maximum absolute atomic E-state index is 6.63. The second-order valence-corrected chi connectivity index (χ2v) is 17.6. The van der Waals surface area contributed by atoms with Crippen LogP contribution in [-0.4, -0.2) is 19.3 Å². The van der Waals surface area contributed by atoms with Crippen LogP contribution in [0.5, 0.6) is 11.5 Å². The Bertz CT molecular complexity index is 2650. The second kappa shape index (κ2) is 13.4. The molecule has 0 aliphatic rings. The van der Waals surface area contributed by atoms with Gasteiger partial charge >= 0.3 is 0 Å². The van der Waals surface area contributed by atoms with Gasteiger partial charge in [-0.05, 0) is 80.5 Å². The molecule has 0 radical (unpaired) electrons. The number of fused-ring (bicyclic) bond motifs is 3. The lowest BCUT2D eigenvalue weighted by atomic mass is 9.80. The topological polar surface area (TPSA) is 48.8 Å². The van der Waals surface area contributed by atoms with Gasteiger partial charge in [-0.3, -0.25) is 4.57 Å². The van der Waals surface area contributed by atoms with Crippen molar-refractivity contribution in [2.24, 2.45) is 0 Å². The third-order valence-electron chi connectivity index (χ3n) is 10.3. The van der Waals surface area contributed by atoms with Crippen LogP contribution in [-0.2, 0) is 16.2 Å². The molecule has 0 bridgehead atoms. The standard InChI is InChI=1S/C49H49N5O/c1-47(2,3)34-24-25-50-45(29-34)54-43-21-14-13-20-41(43)42-23-22-40(31-44(42)54)55-39-19-15-18-37(30-39)53-32-52(46(51-53)33-16-11-10-12-17-33)38-27-35(48(4,5)6)26-36(28-38)49(7,8)9/h10-31H,1-9H3. The third-order valence-corrected chi connectivity index (χ3v) is 10.3. The molecule has 6 heteroatoms. The van der Waals surface area contributed by atoms with Gasteiger partial charge in [0.05, 0.1) is 16.7 Å². The minimum Gasteiger partial charge on any atom is -0.458 e. The largest absolute Gasteiger partial charge is 0.458 e. The van der Waals surface area contributed by atoms with Crippen LogP contribution >= 0.6 is 0 Å². The van der Waals surface area contributed by atoms with E-state index in [9.17, 15) is 0 Å². The highest BCUT2D eigenvalue weighted by atomic mass is 16.5. The molecule has 0 saturated carbocycles. The molecule has 0 fully saturated rings. The van der Waals surface area contributed by atoms with E-state index < -0.39 is 0 Å². The van der Waals surface area contributed by atoms with E-state index in [-0.39, 0.29) is 16.2 Å². The molecular formula is C49H49N5O. The molecule has 3 aromatic heterocycles. The summed E-state index contributed by atoms with van der Waals surface area (Å²) in [6.45, 7) is 20.3. The van der Waals surface area contributed by atoms with E-state index in [0.29, 0.717) is 5.75 Å². The van der Waals surface area contributed by atoms with Gasteiger partial charge in [0.15, 0.2) is 0 Å². The zero-order valence-electron chi connectivity index (χ0n) is 33.3. The Hall–Kier alpha value is -6.01. The fourth-order valence-corrected chi connectivity index (χ4v) is 7.06. The summed E-state index contributed by atoms with van der Waals surface area (Å²) in [6.07, 6.45) is 5.51. The molecule has 6 nitrogen and oxygen atoms in total. The minimum absolute atomic E-state index is 0.00526. The molecule has 8 aromatic rings. The third kappa shape index (κ3) is 7.05. The first-order valence-electron chi connectivity index (χ1n) is 19.1. The molecule has 0 saturated heterocycles. The molecule has 0 N–H and O–H groups in total. The van der Waals surface area contributed by atoms with E-state index in [4.69, 9.17) is 14.8 Å². The van der Waals surface area contributed by atoms with E-state index in [1.54, 1.807) is 0 Å². The fraction of sp³-hybridized carbons (Fsp3) is 0.245. The fourth-order valence-electron chi connectivity index (χ4n) is 7.06. The van der Waals surface area contributed by atoms with Crippen LogP contribution in [0.1, 0.15) is 79.0 Å². The van der Waals surface area contributed by atoms with Gasteiger partial charge in [-0.25, -0.2) is 4.98 Å². The maximum Gasteiger partial charge on any atom is 0.231 e.